The fraction of sp³-hybridized carbons (Fsp3) is 0.231. The third kappa shape index (κ3) is 2.99. The lowest BCUT2D eigenvalue weighted by Gasteiger charge is -2.08. The van der Waals surface area contributed by atoms with Crippen molar-refractivity contribution in [1.82, 2.24) is 34.5 Å². The Morgan fingerprint density at radius 3 is 2.76 bits per heavy atom. The van der Waals surface area contributed by atoms with E-state index in [-0.39, 0.29) is 0 Å². The minimum absolute atomic E-state index is 0.473. The number of imidazole rings is 1. The summed E-state index contributed by atoms with van der Waals surface area (Å²) in [6.45, 7) is 2.86. The molecule has 21 heavy (non-hydrogen) atoms. The Balaban J connectivity index is 2.05. The Morgan fingerprint density at radius 1 is 1.10 bits per heavy atom. The highest BCUT2D eigenvalue weighted by molar-refractivity contribution is 5.50. The molecule has 1 N–H and O–H groups in total. The van der Waals surface area contributed by atoms with Crippen molar-refractivity contribution in [3.05, 3.63) is 37.3 Å². The van der Waals surface area contributed by atoms with E-state index in [0.29, 0.717) is 23.4 Å². The van der Waals surface area contributed by atoms with Gasteiger partial charge in [-0.1, -0.05) is 6.92 Å². The molecule has 0 spiro atoms. The number of aromatic nitrogens is 7. The fourth-order valence-electron chi connectivity index (χ4n) is 1.70. The van der Waals surface area contributed by atoms with E-state index in [1.165, 1.54) is 0 Å². The van der Waals surface area contributed by atoms with Crippen LogP contribution in [0.15, 0.2) is 37.3 Å². The Labute approximate surface area is 121 Å². The van der Waals surface area contributed by atoms with Crippen molar-refractivity contribution in [3.63, 3.8) is 0 Å². The zero-order valence-electron chi connectivity index (χ0n) is 11.5. The zero-order valence-corrected chi connectivity index (χ0v) is 11.5. The van der Waals surface area contributed by atoms with Crippen molar-refractivity contribution >= 4 is 5.95 Å². The molecule has 0 fully saturated rings. The highest BCUT2D eigenvalue weighted by atomic mass is 15.3. The van der Waals surface area contributed by atoms with Crippen LogP contribution in [0.3, 0.4) is 0 Å². The van der Waals surface area contributed by atoms with Crippen LogP contribution in [0.5, 0.6) is 0 Å². The second kappa shape index (κ2) is 6.04. The number of nitrogens with zero attached hydrogens (tertiary/aromatic N) is 7. The Kier molecular flexibility index (Phi) is 3.77. The predicted molar refractivity (Wildman–Crippen MR) is 76.8 cm³/mol. The van der Waals surface area contributed by atoms with E-state index in [1.807, 2.05) is 0 Å². The third-order valence-corrected chi connectivity index (χ3v) is 2.68. The molecule has 8 nitrogen and oxygen atoms in total. The average molecular weight is 282 g/mol. The van der Waals surface area contributed by atoms with E-state index in [4.69, 9.17) is 0 Å². The van der Waals surface area contributed by atoms with Crippen LogP contribution in [0.1, 0.15) is 13.3 Å². The largest absolute Gasteiger partial charge is 0.354 e. The molecule has 0 atom stereocenters. The Bertz CT molecular complexity index is 695. The summed E-state index contributed by atoms with van der Waals surface area (Å²) in [5.41, 5.74) is 0.598. The van der Waals surface area contributed by atoms with Crippen LogP contribution in [-0.2, 0) is 0 Å². The monoisotopic (exact) mass is 282 g/mol. The maximum atomic E-state index is 4.41. The second-order valence-corrected chi connectivity index (χ2v) is 4.27. The fourth-order valence-corrected chi connectivity index (χ4v) is 1.70. The Morgan fingerprint density at radius 2 is 2.05 bits per heavy atom. The Hall–Kier alpha value is -2.90. The van der Waals surface area contributed by atoms with E-state index in [9.17, 15) is 0 Å². The van der Waals surface area contributed by atoms with Crippen molar-refractivity contribution < 1.29 is 0 Å². The molecule has 3 heterocycles. The normalized spacial score (nSPS) is 10.5. The van der Waals surface area contributed by atoms with Gasteiger partial charge in [-0.25, -0.2) is 9.97 Å². The van der Waals surface area contributed by atoms with Gasteiger partial charge in [0.2, 0.25) is 11.9 Å². The van der Waals surface area contributed by atoms with Gasteiger partial charge in [0.15, 0.2) is 5.82 Å². The average Bonchev–Trinajstić information content (AvgIpc) is 3.08. The number of hydrogen-bond acceptors (Lipinski definition) is 7. The molecule has 0 saturated carbocycles. The highest BCUT2D eigenvalue weighted by Crippen LogP contribution is 2.14. The van der Waals surface area contributed by atoms with E-state index in [2.05, 4.69) is 42.1 Å². The zero-order chi connectivity index (χ0) is 14.5. The number of rotatable bonds is 5. The molecule has 8 heteroatoms. The highest BCUT2D eigenvalue weighted by Gasteiger charge is 2.10. The summed E-state index contributed by atoms with van der Waals surface area (Å²) in [5.74, 6) is 1.47. The topological polar surface area (TPSA) is 94.3 Å². The minimum Gasteiger partial charge on any atom is -0.354 e. The smallest absolute Gasteiger partial charge is 0.240 e. The molecule has 0 saturated heterocycles. The lowest BCUT2D eigenvalue weighted by molar-refractivity contribution is 0.879. The van der Waals surface area contributed by atoms with Crippen LogP contribution in [0.4, 0.5) is 5.95 Å². The molecular formula is C13H14N8. The first-order chi connectivity index (χ1) is 10.4. The van der Waals surface area contributed by atoms with Gasteiger partial charge in [0, 0.05) is 31.3 Å². The molecule has 0 aliphatic carbocycles. The number of anilines is 1. The van der Waals surface area contributed by atoms with Gasteiger partial charge in [0.1, 0.15) is 12.0 Å². The number of hydrogen-bond donors (Lipinski definition) is 1. The van der Waals surface area contributed by atoms with Crippen molar-refractivity contribution in [3.8, 4) is 17.5 Å². The SMILES string of the molecule is CCCNc1nc(-c2cnccn2)nc(-n2ccnc2)n1. The summed E-state index contributed by atoms with van der Waals surface area (Å²) >= 11 is 0. The molecule has 0 amide bonds. The number of nitrogens with one attached hydrogen (secondary N) is 1. The van der Waals surface area contributed by atoms with E-state index >= 15 is 0 Å². The van der Waals surface area contributed by atoms with E-state index in [1.54, 1.807) is 41.9 Å². The van der Waals surface area contributed by atoms with Gasteiger partial charge in [-0.15, -0.1) is 0 Å². The van der Waals surface area contributed by atoms with Gasteiger partial charge in [-0.05, 0) is 6.42 Å². The van der Waals surface area contributed by atoms with Gasteiger partial charge in [0.05, 0.1) is 6.20 Å². The van der Waals surface area contributed by atoms with Crippen LogP contribution in [-0.4, -0.2) is 41.0 Å². The van der Waals surface area contributed by atoms with Gasteiger partial charge < -0.3 is 5.32 Å². The van der Waals surface area contributed by atoms with Gasteiger partial charge in [0.25, 0.3) is 0 Å². The lowest BCUT2D eigenvalue weighted by Crippen LogP contribution is -2.10. The van der Waals surface area contributed by atoms with Gasteiger partial charge in [-0.3, -0.25) is 9.55 Å². The van der Waals surface area contributed by atoms with Crippen LogP contribution in [0, 0.1) is 0 Å². The van der Waals surface area contributed by atoms with Crippen LogP contribution >= 0.6 is 0 Å². The molecule has 3 aromatic heterocycles. The summed E-state index contributed by atoms with van der Waals surface area (Å²) < 4.78 is 1.72. The first kappa shape index (κ1) is 13.1. The quantitative estimate of drug-likeness (QED) is 0.754. The standard InChI is InChI=1S/C13H14N8/c1-2-3-17-12-18-11(10-8-14-4-5-16-10)19-13(20-12)21-7-6-15-9-21/h4-9H,2-3H2,1H3,(H,17,18,19,20). The summed E-state index contributed by atoms with van der Waals surface area (Å²) in [7, 11) is 0. The summed E-state index contributed by atoms with van der Waals surface area (Å²) in [6, 6.07) is 0. The van der Waals surface area contributed by atoms with Crippen molar-refractivity contribution in [2.45, 2.75) is 13.3 Å². The van der Waals surface area contributed by atoms with Crippen LogP contribution in [0.25, 0.3) is 17.5 Å². The minimum atomic E-state index is 0.473. The summed E-state index contributed by atoms with van der Waals surface area (Å²) in [5, 5.41) is 3.16. The van der Waals surface area contributed by atoms with Gasteiger partial charge in [-0.2, -0.15) is 15.0 Å². The molecule has 106 valence electrons. The molecular weight excluding hydrogens is 268 g/mol. The maximum Gasteiger partial charge on any atom is 0.240 e. The predicted octanol–water partition coefficient (Wildman–Crippen LogP) is 1.34. The second-order valence-electron chi connectivity index (χ2n) is 4.27. The molecule has 0 aromatic carbocycles. The van der Waals surface area contributed by atoms with Crippen molar-refractivity contribution in [2.75, 3.05) is 11.9 Å². The van der Waals surface area contributed by atoms with Crippen LogP contribution < -0.4 is 5.32 Å². The van der Waals surface area contributed by atoms with Gasteiger partial charge >= 0.3 is 0 Å². The van der Waals surface area contributed by atoms with E-state index < -0.39 is 0 Å². The summed E-state index contributed by atoms with van der Waals surface area (Å²) in [4.78, 5) is 25.4. The molecule has 0 aliphatic rings. The maximum absolute atomic E-state index is 4.41. The first-order valence-electron chi connectivity index (χ1n) is 6.61. The molecule has 0 aliphatic heterocycles. The van der Waals surface area contributed by atoms with Crippen molar-refractivity contribution in [2.24, 2.45) is 0 Å². The molecule has 0 bridgehead atoms. The molecule has 0 unspecified atom stereocenters. The molecule has 3 aromatic rings. The summed E-state index contributed by atoms with van der Waals surface area (Å²) in [6.07, 6.45) is 10.9. The molecule has 3 rings (SSSR count). The first-order valence-corrected chi connectivity index (χ1v) is 6.61. The third-order valence-electron chi connectivity index (χ3n) is 2.68. The molecule has 0 radical (unpaired) electrons. The van der Waals surface area contributed by atoms with Crippen LogP contribution in [0.2, 0.25) is 0 Å². The van der Waals surface area contributed by atoms with Crippen molar-refractivity contribution in [1.29, 1.82) is 0 Å². The lowest BCUT2D eigenvalue weighted by atomic mass is 10.4. The van der Waals surface area contributed by atoms with E-state index in [0.717, 1.165) is 13.0 Å².